The molecule has 4 rings (SSSR count). The van der Waals surface area contributed by atoms with Gasteiger partial charge in [0.2, 0.25) is 0 Å². The van der Waals surface area contributed by atoms with Crippen LogP contribution in [-0.2, 0) is 34.0 Å². The van der Waals surface area contributed by atoms with E-state index in [1.54, 1.807) is 6.21 Å². The van der Waals surface area contributed by atoms with Crippen molar-refractivity contribution in [2.45, 2.75) is 38.1 Å². The van der Waals surface area contributed by atoms with E-state index in [1.165, 1.54) is 0 Å². The zero-order valence-corrected chi connectivity index (χ0v) is 17.4. The standard InChI is InChI=1S/C26H27NO4/c28-27-16-24(29-18-21-10-4-1-5-11-21)26(31-20-23-14-8-3-9-15-23)25(17-27)30-19-22-12-6-2-7-13-22/h1-16,24-26H,17-20H2/t24-,25+,26+/m1/s1. The highest BCUT2D eigenvalue weighted by Gasteiger charge is 2.39. The van der Waals surface area contributed by atoms with Crippen molar-refractivity contribution in [2.24, 2.45) is 0 Å². The summed E-state index contributed by atoms with van der Waals surface area (Å²) >= 11 is 0. The number of rotatable bonds is 9. The third-order valence-electron chi connectivity index (χ3n) is 5.24. The molecule has 0 aliphatic carbocycles. The highest BCUT2D eigenvalue weighted by molar-refractivity contribution is 5.60. The number of ether oxygens (including phenoxy) is 3. The second-order valence-corrected chi connectivity index (χ2v) is 7.61. The van der Waals surface area contributed by atoms with Gasteiger partial charge in [-0.25, -0.2) is 4.74 Å². The monoisotopic (exact) mass is 417 g/mol. The quantitative estimate of drug-likeness (QED) is 0.384. The molecule has 0 saturated heterocycles. The average molecular weight is 418 g/mol. The maximum absolute atomic E-state index is 12.4. The lowest BCUT2D eigenvalue weighted by molar-refractivity contribution is -0.483. The summed E-state index contributed by atoms with van der Waals surface area (Å²) < 4.78 is 19.4. The van der Waals surface area contributed by atoms with E-state index in [2.05, 4.69) is 0 Å². The number of benzene rings is 3. The van der Waals surface area contributed by atoms with Gasteiger partial charge >= 0.3 is 0 Å². The summed E-state index contributed by atoms with van der Waals surface area (Å²) in [6.45, 7) is 1.44. The van der Waals surface area contributed by atoms with Crippen LogP contribution in [-0.4, -0.2) is 35.8 Å². The smallest absolute Gasteiger partial charge is 0.182 e. The number of hydrogen-bond donors (Lipinski definition) is 0. The Morgan fingerprint density at radius 2 is 1.10 bits per heavy atom. The van der Waals surface area contributed by atoms with Gasteiger partial charge in [-0.3, -0.25) is 0 Å². The Bertz CT molecular complexity index is 947. The van der Waals surface area contributed by atoms with E-state index in [1.807, 2.05) is 91.0 Å². The fourth-order valence-electron chi connectivity index (χ4n) is 3.60. The molecule has 0 spiro atoms. The molecule has 0 bridgehead atoms. The van der Waals surface area contributed by atoms with Crippen molar-refractivity contribution in [3.63, 3.8) is 0 Å². The largest absolute Gasteiger partial charge is 0.624 e. The second kappa shape index (κ2) is 10.9. The predicted molar refractivity (Wildman–Crippen MR) is 120 cm³/mol. The molecule has 0 radical (unpaired) electrons. The third kappa shape index (κ3) is 6.25. The molecule has 0 fully saturated rings. The van der Waals surface area contributed by atoms with Gasteiger partial charge in [0, 0.05) is 0 Å². The summed E-state index contributed by atoms with van der Waals surface area (Å²) in [5.41, 5.74) is 3.16. The van der Waals surface area contributed by atoms with Crippen molar-refractivity contribution in [3.8, 4) is 0 Å². The van der Waals surface area contributed by atoms with Crippen LogP contribution in [0.2, 0.25) is 0 Å². The van der Waals surface area contributed by atoms with Crippen molar-refractivity contribution in [1.29, 1.82) is 0 Å². The van der Waals surface area contributed by atoms with E-state index in [9.17, 15) is 5.21 Å². The van der Waals surface area contributed by atoms with Crippen LogP contribution in [0.15, 0.2) is 91.0 Å². The molecule has 3 atom stereocenters. The molecule has 3 aromatic carbocycles. The molecule has 0 unspecified atom stereocenters. The second-order valence-electron chi connectivity index (χ2n) is 7.61. The summed E-state index contributed by atoms with van der Waals surface area (Å²) in [4.78, 5) is 0. The molecular weight excluding hydrogens is 390 g/mol. The van der Waals surface area contributed by atoms with Gasteiger partial charge in [-0.2, -0.15) is 0 Å². The molecular formula is C26H27NO4. The maximum atomic E-state index is 12.4. The fraction of sp³-hybridized carbons (Fsp3) is 0.269. The molecule has 0 saturated carbocycles. The number of hydroxylamine groups is 1. The lowest BCUT2D eigenvalue weighted by Crippen LogP contribution is -2.52. The van der Waals surface area contributed by atoms with Crippen molar-refractivity contribution >= 4 is 6.21 Å². The lowest BCUT2D eigenvalue weighted by Gasteiger charge is -2.33. The first-order chi connectivity index (χ1) is 15.3. The summed E-state index contributed by atoms with van der Waals surface area (Å²) in [5.74, 6) is 0. The zero-order chi connectivity index (χ0) is 21.3. The van der Waals surface area contributed by atoms with E-state index < -0.39 is 18.3 Å². The van der Waals surface area contributed by atoms with Crippen LogP contribution in [0.3, 0.4) is 0 Å². The molecule has 5 heteroatoms. The van der Waals surface area contributed by atoms with Crippen LogP contribution in [0.1, 0.15) is 16.7 Å². The lowest BCUT2D eigenvalue weighted by atomic mass is 10.0. The van der Waals surface area contributed by atoms with E-state index in [0.29, 0.717) is 19.8 Å². The fourth-order valence-corrected chi connectivity index (χ4v) is 3.60. The first kappa shape index (κ1) is 21.2. The van der Waals surface area contributed by atoms with Crippen LogP contribution in [0, 0.1) is 5.21 Å². The first-order valence-electron chi connectivity index (χ1n) is 10.5. The minimum atomic E-state index is -0.504. The number of hydrogen-bond acceptors (Lipinski definition) is 4. The van der Waals surface area contributed by atoms with Gasteiger partial charge < -0.3 is 19.4 Å². The summed E-state index contributed by atoms with van der Waals surface area (Å²) in [7, 11) is 0. The van der Waals surface area contributed by atoms with Gasteiger partial charge in [0.05, 0.1) is 19.8 Å². The summed E-state index contributed by atoms with van der Waals surface area (Å²) in [5, 5.41) is 12.4. The molecule has 160 valence electrons. The average Bonchev–Trinajstić information content (AvgIpc) is 2.82. The van der Waals surface area contributed by atoms with E-state index >= 15 is 0 Å². The van der Waals surface area contributed by atoms with Crippen molar-refractivity contribution in [1.82, 2.24) is 0 Å². The van der Waals surface area contributed by atoms with Gasteiger partial charge in [0.1, 0.15) is 12.2 Å². The molecule has 3 aromatic rings. The summed E-state index contributed by atoms with van der Waals surface area (Å²) in [6, 6.07) is 29.8. The molecule has 1 aliphatic heterocycles. The minimum Gasteiger partial charge on any atom is -0.624 e. The highest BCUT2D eigenvalue weighted by Crippen LogP contribution is 2.20. The topological polar surface area (TPSA) is 53.8 Å². The van der Waals surface area contributed by atoms with Gasteiger partial charge in [-0.15, -0.1) is 0 Å². The van der Waals surface area contributed by atoms with Crippen molar-refractivity contribution in [2.75, 3.05) is 6.54 Å². The van der Waals surface area contributed by atoms with Gasteiger partial charge in [0.25, 0.3) is 0 Å². The van der Waals surface area contributed by atoms with Crippen LogP contribution in [0.5, 0.6) is 0 Å². The highest BCUT2D eigenvalue weighted by atomic mass is 16.6. The molecule has 0 amide bonds. The number of nitrogens with zero attached hydrogens (tertiary/aromatic N) is 1. The Balaban J connectivity index is 1.47. The Labute approximate surface area is 183 Å². The van der Waals surface area contributed by atoms with Crippen LogP contribution in [0.4, 0.5) is 0 Å². The normalized spacial score (nSPS) is 20.9. The Morgan fingerprint density at radius 1 is 0.645 bits per heavy atom. The maximum Gasteiger partial charge on any atom is 0.182 e. The third-order valence-corrected chi connectivity index (χ3v) is 5.24. The van der Waals surface area contributed by atoms with E-state index in [-0.39, 0.29) is 6.54 Å². The molecule has 0 aromatic heterocycles. The molecule has 1 aliphatic rings. The van der Waals surface area contributed by atoms with E-state index in [0.717, 1.165) is 21.4 Å². The molecule has 31 heavy (non-hydrogen) atoms. The van der Waals surface area contributed by atoms with E-state index in [4.69, 9.17) is 14.2 Å². The Morgan fingerprint density at radius 3 is 1.61 bits per heavy atom. The molecule has 1 heterocycles. The predicted octanol–water partition coefficient (Wildman–Crippen LogP) is 4.34. The van der Waals surface area contributed by atoms with Gasteiger partial charge in [0.15, 0.2) is 18.9 Å². The van der Waals surface area contributed by atoms with Crippen molar-refractivity contribution in [3.05, 3.63) is 113 Å². The summed E-state index contributed by atoms with van der Waals surface area (Å²) in [6.07, 6.45) is 0.252. The van der Waals surface area contributed by atoms with Crippen LogP contribution in [0.25, 0.3) is 0 Å². The molecule has 5 nitrogen and oxygen atoms in total. The molecule has 0 N–H and O–H groups in total. The van der Waals surface area contributed by atoms with Gasteiger partial charge in [-0.05, 0) is 16.7 Å². The Kier molecular flexibility index (Phi) is 7.45. The minimum absolute atomic E-state index is 0.206. The Hall–Kier alpha value is -2.99. The first-order valence-corrected chi connectivity index (χ1v) is 10.5. The zero-order valence-electron chi connectivity index (χ0n) is 17.4. The van der Waals surface area contributed by atoms with Crippen molar-refractivity contribution < 1.29 is 18.9 Å². The van der Waals surface area contributed by atoms with Crippen LogP contribution >= 0.6 is 0 Å². The SMILES string of the molecule is [O-][N+]1=C[C@@H](OCc2ccccc2)[C@H](OCc2ccccc2)[C@@H](OCc2ccccc2)C1. The van der Waals surface area contributed by atoms with Crippen LogP contribution < -0.4 is 0 Å². The van der Waals surface area contributed by atoms with Gasteiger partial charge in [-0.1, -0.05) is 91.0 Å².